The molecule has 11 aromatic rings. The molecule has 2 nitrogen and oxygen atoms in total. The molecule has 0 spiro atoms. The molecule has 62 heavy (non-hydrogen) atoms. The van der Waals surface area contributed by atoms with Crippen molar-refractivity contribution >= 4 is 38.9 Å². The summed E-state index contributed by atoms with van der Waals surface area (Å²) in [7, 11) is 0. The smallest absolute Gasteiger partial charge is 0.0645 e. The van der Waals surface area contributed by atoms with E-state index in [-0.39, 0.29) is 11.1 Å². The molecule has 10 aromatic carbocycles. The van der Waals surface area contributed by atoms with E-state index in [0.29, 0.717) is 15.8 Å². The molecule has 0 atom stereocenters. The van der Waals surface area contributed by atoms with Crippen LogP contribution < -0.4 is 4.90 Å². The van der Waals surface area contributed by atoms with E-state index in [9.17, 15) is 16.4 Å². The molecule has 0 amide bonds. The van der Waals surface area contributed by atoms with Gasteiger partial charge >= 0.3 is 0 Å². The fourth-order valence-electron chi connectivity index (χ4n) is 7.26. The van der Waals surface area contributed by atoms with E-state index in [1.54, 1.807) is 18.2 Å². The molecule has 0 radical (unpaired) electrons. The van der Waals surface area contributed by atoms with Gasteiger partial charge in [-0.1, -0.05) is 188 Å². The van der Waals surface area contributed by atoms with Gasteiger partial charge in [-0.3, -0.25) is 0 Å². The van der Waals surface area contributed by atoms with Crippen molar-refractivity contribution in [3.63, 3.8) is 0 Å². The molecular weight excluding hydrogens is 749 g/mol. The predicted octanol–water partition coefficient (Wildman–Crippen LogP) is 16.6. The number of nitrogens with zero attached hydrogens (tertiary/aromatic N) is 2. The quantitative estimate of drug-likeness (QED) is 0.141. The maximum atomic E-state index is 9.78. The minimum Gasteiger partial charge on any atom is -0.311 e. The third kappa shape index (κ3) is 6.94. The first-order valence-corrected chi connectivity index (χ1v) is 19.1. The van der Waals surface area contributed by atoms with Crippen LogP contribution in [0.4, 0.5) is 17.1 Å². The van der Waals surface area contributed by atoms with Gasteiger partial charge in [-0.05, 0) is 122 Å². The van der Waals surface area contributed by atoms with Gasteiger partial charge < -0.3 is 9.47 Å². The highest BCUT2D eigenvalue weighted by atomic mass is 15.1. The topological polar surface area (TPSA) is 8.17 Å². The Bertz CT molecular complexity index is 4720. The summed E-state index contributed by atoms with van der Waals surface area (Å²) in [6, 6.07) is 3.94. The van der Waals surface area contributed by atoms with Crippen molar-refractivity contribution in [2.75, 3.05) is 4.90 Å². The highest BCUT2D eigenvalue weighted by molar-refractivity contribution is 6.10. The molecule has 0 aliphatic rings. The standard InChI is InChI=1S/C60H42N2/c1-4-14-43(15-5-1)45-24-33-51(34-25-45)61(53-39-30-49(31-40-53)56-21-11-10-20-55(56)48-18-8-3-9-19-48)52-35-28-47(29-36-52)50-32-41-60-58(42-50)57-22-12-13-23-59(57)62(60)54-37-26-46(27-38-54)44-16-6-2-7-17-44/h1-42H/i1D,3D,4D,5D,8D,9D,10D,11D,14D,15D,18D,19D,20D,21D,24D,25D,28D,29D,30D,31D,33D,34D,35D,36D,39D,40D. The molecule has 0 saturated carbocycles. The van der Waals surface area contributed by atoms with Crippen LogP contribution in [-0.2, 0) is 0 Å². The van der Waals surface area contributed by atoms with Crippen molar-refractivity contribution in [1.82, 2.24) is 4.57 Å². The SMILES string of the molecule is [2H]c1c([2H])c([2H])c(-c2c([2H])c([2H])c(N(c3c([2H])c([2H])c(-c4ccc5c(c4)c4ccccc4n5-c4ccc(-c5ccccc5)cc4)c([2H])c3[2H])c3c([2H])c([2H])c(-c4c([2H])c([2H])c([2H])c([2H])c4-c4c([2H])c([2H])c([2H])c([2H])c4[2H])c([2H])c3[2H])c([2H])c2[2H])c([2H])c1[2H]. The molecule has 2 heteroatoms. The molecule has 1 aromatic heterocycles. The molecule has 0 aliphatic carbocycles. The first-order chi connectivity index (χ1) is 41.6. The summed E-state index contributed by atoms with van der Waals surface area (Å²) < 4.78 is 238. The van der Waals surface area contributed by atoms with E-state index < -0.39 is 208 Å². The van der Waals surface area contributed by atoms with E-state index in [4.69, 9.17) is 19.2 Å². The largest absolute Gasteiger partial charge is 0.311 e. The second kappa shape index (κ2) is 16.1. The van der Waals surface area contributed by atoms with Crippen LogP contribution in [0.2, 0.25) is 0 Å². The van der Waals surface area contributed by atoms with E-state index in [1.807, 2.05) is 83.4 Å². The number of para-hydroxylation sites is 1. The second-order valence-corrected chi connectivity index (χ2v) is 13.8. The summed E-state index contributed by atoms with van der Waals surface area (Å²) in [6.45, 7) is 0. The first-order valence-electron chi connectivity index (χ1n) is 32.1. The third-order valence-electron chi connectivity index (χ3n) is 10.1. The normalized spacial score (nSPS) is 17.1. The van der Waals surface area contributed by atoms with Crippen LogP contribution in [0.25, 0.3) is 83.1 Å². The lowest BCUT2D eigenvalue weighted by molar-refractivity contribution is 1.18. The average molecular weight is 817 g/mol. The molecule has 0 fully saturated rings. The number of benzene rings is 10. The van der Waals surface area contributed by atoms with Crippen molar-refractivity contribution in [2.24, 2.45) is 0 Å². The predicted molar refractivity (Wildman–Crippen MR) is 263 cm³/mol. The van der Waals surface area contributed by atoms with Crippen molar-refractivity contribution < 1.29 is 35.6 Å². The zero-order valence-corrected chi connectivity index (χ0v) is 32.1. The molecule has 292 valence electrons. The van der Waals surface area contributed by atoms with Gasteiger partial charge in [-0.15, -0.1) is 0 Å². The number of fused-ring (bicyclic) bond motifs is 3. The molecule has 0 N–H and O–H groups in total. The van der Waals surface area contributed by atoms with Gasteiger partial charge in [0.25, 0.3) is 0 Å². The fourth-order valence-corrected chi connectivity index (χ4v) is 7.26. The van der Waals surface area contributed by atoms with Gasteiger partial charge in [0.1, 0.15) is 0 Å². The van der Waals surface area contributed by atoms with Crippen molar-refractivity contribution in [3.05, 3.63) is 254 Å². The summed E-state index contributed by atoms with van der Waals surface area (Å²) in [5.41, 5.74) is -4.03. The summed E-state index contributed by atoms with van der Waals surface area (Å²) in [4.78, 5) is 0.443. The first kappa shape index (κ1) is 18.6. The fraction of sp³-hybridized carbons (Fsp3) is 0. The van der Waals surface area contributed by atoms with Crippen LogP contribution in [0.15, 0.2) is 254 Å². The zero-order valence-electron chi connectivity index (χ0n) is 58.1. The Kier molecular flexibility index (Phi) is 4.83. The Labute approximate surface area is 399 Å². The lowest BCUT2D eigenvalue weighted by atomic mass is 9.94. The maximum absolute atomic E-state index is 9.78. The minimum atomic E-state index is -1.24. The van der Waals surface area contributed by atoms with Gasteiger partial charge in [-0.2, -0.15) is 0 Å². The van der Waals surface area contributed by atoms with Gasteiger partial charge in [0, 0.05) is 33.5 Å². The highest BCUT2D eigenvalue weighted by Gasteiger charge is 2.17. The number of rotatable bonds is 9. The lowest BCUT2D eigenvalue weighted by Gasteiger charge is -2.26. The van der Waals surface area contributed by atoms with Crippen LogP contribution in [0.3, 0.4) is 0 Å². The highest BCUT2D eigenvalue weighted by Crippen LogP contribution is 2.40. The Balaban J connectivity index is 1.19. The van der Waals surface area contributed by atoms with Crippen molar-refractivity contribution in [2.45, 2.75) is 0 Å². The van der Waals surface area contributed by atoms with Crippen molar-refractivity contribution in [3.8, 4) is 61.3 Å². The monoisotopic (exact) mass is 816 g/mol. The molecule has 0 aliphatic heterocycles. The van der Waals surface area contributed by atoms with Gasteiger partial charge in [0.2, 0.25) is 0 Å². The summed E-state index contributed by atoms with van der Waals surface area (Å²) in [6.07, 6.45) is 0. The number of aromatic nitrogens is 1. The molecule has 1 heterocycles. The van der Waals surface area contributed by atoms with E-state index in [1.165, 1.54) is 0 Å². The molecule has 0 saturated heterocycles. The third-order valence-corrected chi connectivity index (χ3v) is 10.1. The number of anilines is 3. The lowest BCUT2D eigenvalue weighted by Crippen LogP contribution is -2.09. The van der Waals surface area contributed by atoms with Gasteiger partial charge in [0.05, 0.1) is 46.7 Å². The summed E-state index contributed by atoms with van der Waals surface area (Å²) in [5, 5.41) is 1.38. The van der Waals surface area contributed by atoms with E-state index >= 15 is 0 Å². The number of hydrogen-bond acceptors (Lipinski definition) is 1. The van der Waals surface area contributed by atoms with Crippen molar-refractivity contribution in [1.29, 1.82) is 0 Å². The number of hydrogen-bond donors (Lipinski definition) is 0. The van der Waals surface area contributed by atoms with E-state index in [2.05, 4.69) is 0 Å². The Hall–Kier alpha value is -8.20. The Morgan fingerprint density at radius 2 is 0.742 bits per heavy atom. The molecule has 0 unspecified atom stereocenters. The molecule has 0 bridgehead atoms. The van der Waals surface area contributed by atoms with Gasteiger partial charge in [-0.25, -0.2) is 0 Å². The second-order valence-electron chi connectivity index (χ2n) is 13.8. The minimum absolute atomic E-state index is 0.160. The van der Waals surface area contributed by atoms with Gasteiger partial charge in [0.15, 0.2) is 0 Å². The van der Waals surface area contributed by atoms with Crippen LogP contribution in [0.1, 0.15) is 35.6 Å². The Morgan fingerprint density at radius 3 is 1.35 bits per heavy atom. The molecule has 11 rings (SSSR count). The molecular formula is C60H42N2. The zero-order chi connectivity index (χ0) is 63.9. The van der Waals surface area contributed by atoms with E-state index in [0.717, 1.165) is 27.7 Å². The summed E-state index contributed by atoms with van der Waals surface area (Å²) in [5.74, 6) is 0. The maximum Gasteiger partial charge on any atom is 0.0645 e. The average Bonchev–Trinajstić information content (AvgIpc) is 1.10. The van der Waals surface area contributed by atoms with Crippen LogP contribution in [0.5, 0.6) is 0 Å². The summed E-state index contributed by atoms with van der Waals surface area (Å²) >= 11 is 0. The van der Waals surface area contributed by atoms with Crippen LogP contribution in [-0.4, -0.2) is 4.57 Å². The Morgan fingerprint density at radius 1 is 0.306 bits per heavy atom. The van der Waals surface area contributed by atoms with Crippen LogP contribution >= 0.6 is 0 Å². The van der Waals surface area contributed by atoms with Crippen LogP contribution in [0, 0.1) is 0 Å².